The quantitative estimate of drug-likeness (QED) is 0.608. The van der Waals surface area contributed by atoms with Gasteiger partial charge in [-0.1, -0.05) is 25.2 Å². The zero-order valence-corrected chi connectivity index (χ0v) is 18.0. The summed E-state index contributed by atoms with van der Waals surface area (Å²) >= 11 is 1.10. The van der Waals surface area contributed by atoms with Gasteiger partial charge in [-0.15, -0.1) is 20.4 Å². The van der Waals surface area contributed by atoms with Crippen molar-refractivity contribution in [3.05, 3.63) is 23.2 Å². The number of sulfonamides is 1. The van der Waals surface area contributed by atoms with Crippen LogP contribution in [0, 0.1) is 5.92 Å². The highest BCUT2D eigenvalue weighted by Gasteiger charge is 2.46. The molecular weight excluding hydrogens is 441 g/mol. The Kier molecular flexibility index (Phi) is 6.60. The molecule has 164 valence electrons. The third kappa shape index (κ3) is 5.25. The van der Waals surface area contributed by atoms with Crippen molar-refractivity contribution in [3.63, 3.8) is 0 Å². The van der Waals surface area contributed by atoms with Crippen molar-refractivity contribution in [2.75, 3.05) is 22.7 Å². The van der Waals surface area contributed by atoms with E-state index in [0.29, 0.717) is 24.6 Å². The molecule has 0 amide bonds. The Bertz CT molecular complexity index is 1010. The van der Waals surface area contributed by atoms with Gasteiger partial charge in [-0.25, -0.2) is 0 Å². The number of halogens is 3. The molecule has 1 aromatic carbocycles. The second-order valence-electron chi connectivity index (χ2n) is 7.27. The van der Waals surface area contributed by atoms with E-state index in [2.05, 4.69) is 25.3 Å². The first kappa shape index (κ1) is 22.4. The van der Waals surface area contributed by atoms with Gasteiger partial charge in [0.2, 0.25) is 0 Å². The molecule has 0 bridgehead atoms. The van der Waals surface area contributed by atoms with Crippen LogP contribution in [-0.4, -0.2) is 37.2 Å². The van der Waals surface area contributed by atoms with Gasteiger partial charge in [-0.05, 0) is 42.9 Å². The van der Waals surface area contributed by atoms with Crippen LogP contribution in [-0.2, 0) is 16.4 Å². The van der Waals surface area contributed by atoms with Gasteiger partial charge in [-0.3, -0.25) is 4.72 Å². The number of rotatable bonds is 6. The highest BCUT2D eigenvalue weighted by molar-refractivity contribution is 7.93. The summed E-state index contributed by atoms with van der Waals surface area (Å²) in [5.74, 6) is 0.322. The van der Waals surface area contributed by atoms with Crippen molar-refractivity contribution in [1.82, 2.24) is 10.2 Å². The maximum atomic E-state index is 13.0. The third-order valence-corrected chi connectivity index (χ3v) is 6.06. The van der Waals surface area contributed by atoms with E-state index in [1.165, 1.54) is 11.6 Å². The summed E-state index contributed by atoms with van der Waals surface area (Å²) in [7, 11) is -5.62. The number of aryl methyl sites for hydroxylation is 1. The second kappa shape index (κ2) is 8.84. The van der Waals surface area contributed by atoms with Crippen molar-refractivity contribution < 1.29 is 21.6 Å². The normalized spacial score (nSPS) is 15.5. The van der Waals surface area contributed by atoms with Crippen LogP contribution in [0.15, 0.2) is 27.9 Å². The topological polar surface area (TPSA) is 99.9 Å². The summed E-state index contributed by atoms with van der Waals surface area (Å²) in [5, 5.41) is 15.4. The molecule has 0 aliphatic carbocycles. The summed E-state index contributed by atoms with van der Waals surface area (Å²) in [6, 6.07) is 3.01. The van der Waals surface area contributed by atoms with Crippen LogP contribution < -0.4 is 9.62 Å². The number of fused-ring (bicyclic) bond motifs is 1. The van der Waals surface area contributed by atoms with Crippen LogP contribution in [0.25, 0.3) is 0 Å². The molecule has 3 rings (SSSR count). The molecule has 30 heavy (non-hydrogen) atoms. The molecule has 1 aliphatic rings. The maximum Gasteiger partial charge on any atom is 0.516 e. The Balaban J connectivity index is 2.09. The van der Waals surface area contributed by atoms with Gasteiger partial charge in [0.25, 0.3) is 5.13 Å². The van der Waals surface area contributed by atoms with Crippen LogP contribution >= 0.6 is 11.3 Å². The van der Waals surface area contributed by atoms with Crippen LogP contribution in [0.4, 0.5) is 35.4 Å². The molecule has 8 nitrogen and oxygen atoms in total. The molecule has 2 aromatic rings. The molecule has 0 radical (unpaired) electrons. The van der Waals surface area contributed by atoms with Gasteiger partial charge in [-0.2, -0.15) is 21.6 Å². The molecule has 1 aliphatic heterocycles. The Morgan fingerprint density at radius 1 is 1.27 bits per heavy atom. The summed E-state index contributed by atoms with van der Waals surface area (Å²) in [6.45, 7) is 5.53. The van der Waals surface area contributed by atoms with E-state index in [1.54, 1.807) is 10.8 Å². The van der Waals surface area contributed by atoms with E-state index in [1.807, 2.05) is 13.8 Å². The smallest absolute Gasteiger partial charge is 0.371 e. The molecule has 1 N–H and O–H groups in total. The molecular formula is C17H21F3N6O2S2. The number of anilines is 2. The van der Waals surface area contributed by atoms with Gasteiger partial charge in [0.1, 0.15) is 11.2 Å². The summed E-state index contributed by atoms with van der Waals surface area (Å²) < 4.78 is 64.1. The predicted octanol–water partition coefficient (Wildman–Crippen LogP) is 5.01. The fourth-order valence-corrected chi connectivity index (χ4v) is 4.10. The van der Waals surface area contributed by atoms with E-state index in [4.69, 9.17) is 0 Å². The minimum Gasteiger partial charge on any atom is -0.371 e. The van der Waals surface area contributed by atoms with Crippen molar-refractivity contribution >= 4 is 43.6 Å². The van der Waals surface area contributed by atoms with Gasteiger partial charge < -0.3 is 4.90 Å². The number of hydrogen-bond acceptors (Lipinski definition) is 8. The number of hydrogen-bond donors (Lipinski definition) is 1. The van der Waals surface area contributed by atoms with Crippen molar-refractivity contribution in [1.29, 1.82) is 0 Å². The zero-order chi connectivity index (χ0) is 21.9. The fourth-order valence-electron chi connectivity index (χ4n) is 3.16. The number of alkyl halides is 3. The largest absolute Gasteiger partial charge is 0.516 e. The van der Waals surface area contributed by atoms with E-state index in [9.17, 15) is 21.6 Å². The molecule has 0 saturated heterocycles. The van der Waals surface area contributed by atoms with Crippen molar-refractivity contribution in [2.24, 2.45) is 16.1 Å². The van der Waals surface area contributed by atoms with E-state index < -0.39 is 15.5 Å². The average molecular weight is 463 g/mol. The lowest BCUT2D eigenvalue weighted by molar-refractivity contribution is -0.0429. The molecule has 1 aromatic heterocycles. The van der Waals surface area contributed by atoms with E-state index >= 15 is 0 Å². The number of nitrogens with one attached hydrogen (secondary N) is 1. The average Bonchev–Trinajstić information content (AvgIpc) is 3.08. The summed E-state index contributed by atoms with van der Waals surface area (Å²) in [5.41, 5.74) is -2.73. The first-order valence-corrected chi connectivity index (χ1v) is 11.6. The minimum atomic E-state index is -5.62. The summed E-state index contributed by atoms with van der Waals surface area (Å²) in [4.78, 5) is 2.07. The Labute approximate surface area is 176 Å². The standard InChI is InChI=1S/C17H21F3N6O2S2/c1-11(2)9-26-6-4-3-5-12-7-13(22-24-16-23-21-10-29-16)14(8-15(12)26)25-30(27,28)17(18,19)20/h7-8,10-11,25H,3-6,9H2,1-2H3. The lowest BCUT2D eigenvalue weighted by Gasteiger charge is -2.28. The van der Waals surface area contributed by atoms with Crippen LogP contribution in [0.3, 0.4) is 0 Å². The minimum absolute atomic E-state index is 0.0110. The van der Waals surface area contributed by atoms with E-state index in [0.717, 1.165) is 36.3 Å². The molecule has 0 fully saturated rings. The van der Waals surface area contributed by atoms with Crippen LogP contribution in [0.5, 0.6) is 0 Å². The Morgan fingerprint density at radius 2 is 2.03 bits per heavy atom. The third-order valence-electron chi connectivity index (χ3n) is 4.39. The van der Waals surface area contributed by atoms with E-state index in [-0.39, 0.29) is 16.5 Å². The maximum absolute atomic E-state index is 13.0. The predicted molar refractivity (Wildman–Crippen MR) is 109 cm³/mol. The SMILES string of the molecule is CC(C)CN1CCCCc2cc(N=Nc3nncs3)c(NS(=O)(=O)C(F)(F)F)cc21. The highest BCUT2D eigenvalue weighted by atomic mass is 32.2. The first-order valence-electron chi connectivity index (χ1n) is 9.25. The molecule has 0 unspecified atom stereocenters. The Hall–Kier alpha value is -2.28. The molecule has 2 heterocycles. The zero-order valence-electron chi connectivity index (χ0n) is 16.3. The highest BCUT2D eigenvalue weighted by Crippen LogP contribution is 2.39. The van der Waals surface area contributed by atoms with Gasteiger partial charge in [0.05, 0.1) is 5.69 Å². The number of nitrogens with zero attached hydrogens (tertiary/aromatic N) is 5. The van der Waals surface area contributed by atoms with Gasteiger partial charge in [0.15, 0.2) is 0 Å². The number of aromatic nitrogens is 2. The molecule has 0 atom stereocenters. The number of azo groups is 1. The number of benzene rings is 1. The molecule has 0 saturated carbocycles. The summed E-state index contributed by atoms with van der Waals surface area (Å²) in [6.07, 6.45) is 2.53. The fraction of sp³-hybridized carbons (Fsp3) is 0.529. The first-order chi connectivity index (χ1) is 14.1. The van der Waals surface area contributed by atoms with Gasteiger partial charge >= 0.3 is 15.5 Å². The van der Waals surface area contributed by atoms with Crippen LogP contribution in [0.2, 0.25) is 0 Å². The van der Waals surface area contributed by atoms with Crippen molar-refractivity contribution in [2.45, 2.75) is 38.6 Å². The molecule has 0 spiro atoms. The van der Waals surface area contributed by atoms with Crippen molar-refractivity contribution in [3.8, 4) is 0 Å². The monoisotopic (exact) mass is 462 g/mol. The second-order valence-corrected chi connectivity index (χ2v) is 9.75. The van der Waals surface area contributed by atoms with Crippen LogP contribution in [0.1, 0.15) is 32.3 Å². The lowest BCUT2D eigenvalue weighted by atomic mass is 10.1. The lowest BCUT2D eigenvalue weighted by Crippen LogP contribution is -2.31. The van der Waals surface area contributed by atoms with Gasteiger partial charge in [0, 0.05) is 18.8 Å². The Morgan fingerprint density at radius 3 is 2.67 bits per heavy atom. The molecule has 13 heteroatoms.